The summed E-state index contributed by atoms with van der Waals surface area (Å²) in [5.41, 5.74) is 31.8. The highest BCUT2D eigenvalue weighted by atomic mass is 15.1. The molecule has 0 saturated carbocycles. The smallest absolute Gasteiger partial charge is 0.0725 e. The van der Waals surface area contributed by atoms with Gasteiger partial charge in [0, 0.05) is 50.0 Å². The van der Waals surface area contributed by atoms with E-state index >= 15 is 0 Å². The maximum atomic E-state index is 2.54. The van der Waals surface area contributed by atoms with Gasteiger partial charge >= 0.3 is 0 Å². The van der Waals surface area contributed by atoms with Gasteiger partial charge in [-0.05, 0) is 227 Å². The third-order valence-corrected chi connectivity index (χ3v) is 23.5. The van der Waals surface area contributed by atoms with E-state index in [4.69, 9.17) is 0 Å². The first-order chi connectivity index (χ1) is 49.7. The summed E-state index contributed by atoms with van der Waals surface area (Å²) >= 11 is 0. The Hall–Kier alpha value is -11.5. The van der Waals surface area contributed by atoms with Crippen molar-refractivity contribution in [3.63, 3.8) is 0 Å². The number of rotatable bonds is 13. The number of hydrogen-bond acceptors (Lipinski definition) is 1. The fourth-order valence-electron chi connectivity index (χ4n) is 17.3. The molecule has 3 nitrogen and oxygen atoms in total. The standard InChI is InChI=1S/C99H83N3/c1-64(97(3,4)5)58-87(65(2)98(6,7)8)70-40-38-68(39-41-70)73-46-54-82-80-30-15-19-34-89(80)99(91(82)61-73)90-35-20-16-31-81(90)83-55-47-74(62-92(83)99)71-26-23-29-78(59-71)102-94-37-22-18-33-85(94)88-60-72(48-57-95(88)102)69-44-51-77(52-45-69)100(76-49-42-67(43-50-76)66-24-11-9-12-25-66)79-53-56-86-84-32-17-21-36-93(84)101(96(86)63-79)75-27-13-10-14-28-75/h9-57,59-65,87H,58H2,1-8H3. The summed E-state index contributed by atoms with van der Waals surface area (Å²) in [5.74, 6) is 1.57. The van der Waals surface area contributed by atoms with E-state index in [1.165, 1.54) is 134 Å². The van der Waals surface area contributed by atoms with E-state index in [0.717, 1.165) is 39.5 Å². The van der Waals surface area contributed by atoms with Gasteiger partial charge in [0.2, 0.25) is 0 Å². The molecule has 0 bridgehead atoms. The minimum Gasteiger partial charge on any atom is -0.310 e. The fraction of sp³-hybridized carbons (Fsp3) is 0.152. The predicted octanol–water partition coefficient (Wildman–Crippen LogP) is 27.2. The Kier molecular flexibility index (Phi) is 15.0. The largest absolute Gasteiger partial charge is 0.310 e. The minimum atomic E-state index is -0.516. The van der Waals surface area contributed by atoms with Crippen molar-refractivity contribution in [3.05, 3.63) is 355 Å². The molecule has 0 fully saturated rings. The van der Waals surface area contributed by atoms with Crippen LogP contribution in [0.4, 0.5) is 17.1 Å². The normalized spacial score (nSPS) is 14.8. The molecule has 3 heteroatoms. The summed E-state index contributed by atoms with van der Waals surface area (Å²) in [7, 11) is 0. The van der Waals surface area contributed by atoms with E-state index in [2.05, 4.69) is 397 Å². The predicted molar refractivity (Wildman–Crippen MR) is 432 cm³/mol. The fourth-order valence-corrected chi connectivity index (χ4v) is 17.3. The first-order valence-electron chi connectivity index (χ1n) is 36.6. The molecule has 4 unspecified atom stereocenters. The molecule has 0 amide bonds. The highest BCUT2D eigenvalue weighted by Crippen LogP contribution is 2.64. The van der Waals surface area contributed by atoms with Gasteiger partial charge in [-0.2, -0.15) is 0 Å². The maximum absolute atomic E-state index is 2.54. The van der Waals surface area contributed by atoms with E-state index in [-0.39, 0.29) is 10.8 Å². The van der Waals surface area contributed by atoms with Crippen molar-refractivity contribution in [2.45, 2.75) is 73.1 Å². The quantitative estimate of drug-likeness (QED) is 0.112. The van der Waals surface area contributed by atoms with Crippen LogP contribution in [0.1, 0.15) is 95.5 Å². The summed E-state index contributed by atoms with van der Waals surface area (Å²) in [6, 6.07) is 123. The monoisotopic (exact) mass is 1310 g/mol. The molecular formula is C99H83N3. The second-order valence-electron chi connectivity index (χ2n) is 31.1. The number of para-hydroxylation sites is 3. The zero-order valence-electron chi connectivity index (χ0n) is 59.5. The molecular weight excluding hydrogens is 1230 g/mol. The van der Waals surface area contributed by atoms with Gasteiger partial charge in [-0.1, -0.05) is 286 Å². The van der Waals surface area contributed by atoms with Crippen LogP contribution in [0.5, 0.6) is 0 Å². The number of aromatic nitrogens is 2. The molecule has 1 spiro atoms. The Morgan fingerprint density at radius 1 is 0.294 bits per heavy atom. The molecule has 0 saturated heterocycles. The summed E-state index contributed by atoms with van der Waals surface area (Å²) in [5, 5.41) is 4.90. The van der Waals surface area contributed by atoms with Crippen molar-refractivity contribution in [1.82, 2.24) is 9.13 Å². The van der Waals surface area contributed by atoms with E-state index in [1.807, 2.05) is 0 Å². The molecule has 102 heavy (non-hydrogen) atoms. The highest BCUT2D eigenvalue weighted by Gasteiger charge is 2.52. The zero-order valence-corrected chi connectivity index (χ0v) is 59.5. The van der Waals surface area contributed by atoms with Gasteiger partial charge in [0.15, 0.2) is 0 Å². The molecule has 0 radical (unpaired) electrons. The van der Waals surface area contributed by atoms with Crippen LogP contribution in [0.15, 0.2) is 328 Å². The van der Waals surface area contributed by atoms with Crippen molar-refractivity contribution in [2.24, 2.45) is 22.7 Å². The topological polar surface area (TPSA) is 13.1 Å². The first-order valence-corrected chi connectivity index (χ1v) is 36.6. The lowest BCUT2D eigenvalue weighted by Gasteiger charge is -2.39. The van der Waals surface area contributed by atoms with Gasteiger partial charge in [0.1, 0.15) is 0 Å². The van der Waals surface area contributed by atoms with Gasteiger partial charge in [-0.3, -0.25) is 0 Å². The van der Waals surface area contributed by atoms with Crippen molar-refractivity contribution in [1.29, 1.82) is 0 Å². The Labute approximate surface area is 600 Å². The van der Waals surface area contributed by atoms with Crippen LogP contribution in [-0.4, -0.2) is 9.13 Å². The number of nitrogens with zero attached hydrogens (tertiary/aromatic N) is 3. The van der Waals surface area contributed by atoms with Gasteiger partial charge in [-0.25, -0.2) is 0 Å². The average molecular weight is 1310 g/mol. The lowest BCUT2D eigenvalue weighted by molar-refractivity contribution is 0.163. The highest BCUT2D eigenvalue weighted by molar-refractivity contribution is 6.12. The molecule has 494 valence electrons. The Balaban J connectivity index is 0.701. The summed E-state index contributed by atoms with van der Waals surface area (Å²) < 4.78 is 4.87. The van der Waals surface area contributed by atoms with Gasteiger partial charge < -0.3 is 14.0 Å². The van der Waals surface area contributed by atoms with E-state index in [9.17, 15) is 0 Å². The van der Waals surface area contributed by atoms with E-state index < -0.39 is 5.41 Å². The Morgan fingerprint density at radius 2 is 0.706 bits per heavy atom. The van der Waals surface area contributed by atoms with Gasteiger partial charge in [-0.15, -0.1) is 0 Å². The molecule has 18 rings (SSSR count). The molecule has 4 atom stereocenters. The van der Waals surface area contributed by atoms with Crippen LogP contribution >= 0.6 is 0 Å². The lowest BCUT2D eigenvalue weighted by Crippen LogP contribution is -2.28. The number of hydrogen-bond donors (Lipinski definition) is 0. The zero-order chi connectivity index (χ0) is 69.2. The summed E-state index contributed by atoms with van der Waals surface area (Å²) in [6.07, 6.45) is 1.17. The SMILES string of the molecule is CC(CC(c1ccc(-c2ccc3c(c2)C2(c4ccccc4-3)c3ccccc3-c3ccc(-c4cccc(-n5c6ccccc6c6cc(-c7ccc(N(c8ccc(-c9ccccc9)cc8)c8ccc9c%10ccccc%10n(-c%10ccccc%10)c9c8)cc7)ccc65)c4)cc32)cc1)C(C)C(C)(C)C)C(C)(C)C. The third-order valence-electron chi connectivity index (χ3n) is 23.5. The molecule has 2 aromatic heterocycles. The van der Waals surface area contributed by atoms with Gasteiger partial charge in [0.25, 0.3) is 0 Å². The average Bonchev–Trinajstić information content (AvgIpc) is 1.51. The lowest BCUT2D eigenvalue weighted by atomic mass is 9.66. The maximum Gasteiger partial charge on any atom is 0.0725 e. The molecule has 2 heterocycles. The van der Waals surface area contributed by atoms with Crippen LogP contribution in [0, 0.1) is 22.7 Å². The summed E-state index contributed by atoms with van der Waals surface area (Å²) in [4.78, 5) is 2.40. The van der Waals surface area contributed by atoms with Gasteiger partial charge in [0.05, 0.1) is 27.5 Å². The molecule has 14 aromatic carbocycles. The molecule has 0 aliphatic heterocycles. The van der Waals surface area contributed by atoms with E-state index in [0.29, 0.717) is 17.8 Å². The van der Waals surface area contributed by atoms with Crippen molar-refractivity contribution >= 4 is 60.7 Å². The van der Waals surface area contributed by atoms with Crippen LogP contribution < -0.4 is 4.90 Å². The second kappa shape index (κ2) is 24.4. The molecule has 0 N–H and O–H groups in total. The molecule has 16 aromatic rings. The number of fused-ring (bicyclic) bond motifs is 16. The number of benzene rings is 14. The van der Waals surface area contributed by atoms with Crippen molar-refractivity contribution in [2.75, 3.05) is 4.90 Å². The van der Waals surface area contributed by atoms with Crippen LogP contribution in [0.25, 0.3) is 122 Å². The number of anilines is 3. The molecule has 2 aliphatic rings. The summed E-state index contributed by atoms with van der Waals surface area (Å²) in [6.45, 7) is 19.4. The van der Waals surface area contributed by atoms with Crippen LogP contribution in [-0.2, 0) is 5.41 Å². The van der Waals surface area contributed by atoms with Crippen molar-refractivity contribution in [3.8, 4) is 78.1 Å². The van der Waals surface area contributed by atoms with Crippen molar-refractivity contribution < 1.29 is 0 Å². The second-order valence-corrected chi connectivity index (χ2v) is 31.1. The minimum absolute atomic E-state index is 0.189. The first kappa shape index (κ1) is 62.7. The Morgan fingerprint density at radius 3 is 1.30 bits per heavy atom. The van der Waals surface area contributed by atoms with Crippen LogP contribution in [0.2, 0.25) is 0 Å². The van der Waals surface area contributed by atoms with Crippen LogP contribution in [0.3, 0.4) is 0 Å². The molecule has 2 aliphatic carbocycles. The Bertz CT molecular complexity index is 5880. The van der Waals surface area contributed by atoms with E-state index in [1.54, 1.807) is 0 Å². The third kappa shape index (κ3) is 10.3.